The van der Waals surface area contributed by atoms with Gasteiger partial charge in [-0.1, -0.05) is 37.0 Å². The lowest BCUT2D eigenvalue weighted by Crippen LogP contribution is -2.37. The largest absolute Gasteiger partial charge is 0.449 e. The van der Waals surface area contributed by atoms with Crippen LogP contribution in [0.1, 0.15) is 31.1 Å². The minimum absolute atomic E-state index is 0.253. The molecule has 20 heavy (non-hydrogen) atoms. The molecular weight excluding hydrogens is 301 g/mol. The second-order valence-electron chi connectivity index (χ2n) is 4.82. The number of esters is 1. The summed E-state index contributed by atoms with van der Waals surface area (Å²) in [6, 6.07) is 4.41. The fourth-order valence-electron chi connectivity index (χ4n) is 1.35. The zero-order valence-corrected chi connectivity index (χ0v) is 13.1. The van der Waals surface area contributed by atoms with Crippen LogP contribution >= 0.6 is 23.2 Å². The van der Waals surface area contributed by atoms with Crippen molar-refractivity contribution in [3.8, 4) is 0 Å². The Morgan fingerprint density at radius 3 is 2.40 bits per heavy atom. The molecule has 110 valence electrons. The summed E-state index contributed by atoms with van der Waals surface area (Å²) in [5.41, 5.74) is 0.253. The van der Waals surface area contributed by atoms with E-state index < -0.39 is 12.1 Å². The van der Waals surface area contributed by atoms with Crippen molar-refractivity contribution in [1.82, 2.24) is 5.32 Å². The number of carbonyl (C=O) groups excluding carboxylic acids is 2. The number of carbonyl (C=O) groups is 2. The third-order valence-electron chi connectivity index (χ3n) is 2.49. The maximum Gasteiger partial charge on any atom is 0.338 e. The lowest BCUT2D eigenvalue weighted by atomic mass is 10.2. The van der Waals surface area contributed by atoms with Gasteiger partial charge in [0.2, 0.25) is 0 Å². The van der Waals surface area contributed by atoms with Gasteiger partial charge in [0.15, 0.2) is 6.10 Å². The van der Waals surface area contributed by atoms with E-state index in [1.807, 2.05) is 13.8 Å². The van der Waals surface area contributed by atoms with Crippen LogP contribution in [0, 0.1) is 5.92 Å². The molecule has 4 nitrogen and oxygen atoms in total. The molecule has 0 fully saturated rings. The highest BCUT2D eigenvalue weighted by Gasteiger charge is 2.19. The molecule has 0 heterocycles. The van der Waals surface area contributed by atoms with Crippen LogP contribution in [0.3, 0.4) is 0 Å². The van der Waals surface area contributed by atoms with Crippen LogP contribution in [-0.2, 0) is 9.53 Å². The lowest BCUT2D eigenvalue weighted by Gasteiger charge is -2.14. The summed E-state index contributed by atoms with van der Waals surface area (Å²) < 4.78 is 5.07. The molecule has 0 saturated heterocycles. The van der Waals surface area contributed by atoms with E-state index in [1.54, 1.807) is 0 Å². The van der Waals surface area contributed by atoms with Crippen molar-refractivity contribution in [2.45, 2.75) is 26.9 Å². The van der Waals surface area contributed by atoms with Gasteiger partial charge in [-0.3, -0.25) is 4.79 Å². The Kier molecular flexibility index (Phi) is 6.30. The van der Waals surface area contributed by atoms with Crippen LogP contribution in [0.5, 0.6) is 0 Å². The third-order valence-corrected chi connectivity index (χ3v) is 3.23. The van der Waals surface area contributed by atoms with E-state index in [0.717, 1.165) is 0 Å². The van der Waals surface area contributed by atoms with Crippen LogP contribution < -0.4 is 5.32 Å². The Labute approximate surface area is 128 Å². The monoisotopic (exact) mass is 317 g/mol. The highest BCUT2D eigenvalue weighted by molar-refractivity contribution is 6.42. The molecule has 1 N–H and O–H groups in total. The Morgan fingerprint density at radius 1 is 1.20 bits per heavy atom. The first kappa shape index (κ1) is 16.8. The van der Waals surface area contributed by atoms with Gasteiger partial charge in [0.25, 0.3) is 5.91 Å². The van der Waals surface area contributed by atoms with Crippen molar-refractivity contribution in [2.24, 2.45) is 5.92 Å². The molecule has 1 amide bonds. The molecule has 0 saturated carbocycles. The predicted molar refractivity (Wildman–Crippen MR) is 79.2 cm³/mol. The Morgan fingerprint density at radius 2 is 1.85 bits per heavy atom. The van der Waals surface area contributed by atoms with Crippen LogP contribution in [0.2, 0.25) is 10.0 Å². The number of nitrogens with one attached hydrogen (secondary N) is 1. The number of hydrogen-bond acceptors (Lipinski definition) is 3. The van der Waals surface area contributed by atoms with Gasteiger partial charge in [-0.25, -0.2) is 4.79 Å². The predicted octanol–water partition coefficient (Wildman–Crippen LogP) is 3.31. The van der Waals surface area contributed by atoms with Crippen LogP contribution in [0.25, 0.3) is 0 Å². The van der Waals surface area contributed by atoms with Gasteiger partial charge >= 0.3 is 5.97 Å². The molecule has 6 heteroatoms. The Bertz CT molecular complexity index is 503. The summed E-state index contributed by atoms with van der Waals surface area (Å²) in [4.78, 5) is 23.6. The number of halogens is 2. The van der Waals surface area contributed by atoms with Crippen molar-refractivity contribution in [2.75, 3.05) is 6.54 Å². The summed E-state index contributed by atoms with van der Waals surface area (Å²) in [6.07, 6.45) is -0.865. The molecule has 0 aromatic heterocycles. The molecule has 1 atom stereocenters. The van der Waals surface area contributed by atoms with Gasteiger partial charge in [0, 0.05) is 6.54 Å². The van der Waals surface area contributed by atoms with Crippen molar-refractivity contribution >= 4 is 35.1 Å². The smallest absolute Gasteiger partial charge is 0.338 e. The SMILES string of the molecule is CC(C)CNC(=O)[C@@H](C)OC(=O)c1ccc(Cl)c(Cl)c1. The van der Waals surface area contributed by atoms with Crippen LogP contribution in [0.4, 0.5) is 0 Å². The van der Waals surface area contributed by atoms with E-state index in [1.165, 1.54) is 25.1 Å². The highest BCUT2D eigenvalue weighted by Crippen LogP contribution is 2.23. The van der Waals surface area contributed by atoms with Gasteiger partial charge in [-0.15, -0.1) is 0 Å². The van der Waals surface area contributed by atoms with E-state index in [-0.39, 0.29) is 16.5 Å². The maximum atomic E-state index is 11.9. The quantitative estimate of drug-likeness (QED) is 0.848. The van der Waals surface area contributed by atoms with Gasteiger partial charge < -0.3 is 10.1 Å². The first-order valence-corrected chi connectivity index (χ1v) is 7.00. The van der Waals surface area contributed by atoms with Crippen molar-refractivity contribution < 1.29 is 14.3 Å². The molecule has 1 aromatic carbocycles. The molecule has 0 aliphatic rings. The number of ether oxygens (including phenoxy) is 1. The second kappa shape index (κ2) is 7.50. The normalized spacial score (nSPS) is 12.1. The topological polar surface area (TPSA) is 55.4 Å². The van der Waals surface area contributed by atoms with E-state index in [2.05, 4.69) is 5.32 Å². The van der Waals surface area contributed by atoms with Gasteiger partial charge in [0.1, 0.15) is 0 Å². The number of rotatable bonds is 5. The van der Waals surface area contributed by atoms with E-state index in [0.29, 0.717) is 17.5 Å². The first-order valence-electron chi connectivity index (χ1n) is 6.25. The fourth-order valence-corrected chi connectivity index (χ4v) is 1.65. The first-order chi connectivity index (χ1) is 9.31. The molecule has 0 radical (unpaired) electrons. The van der Waals surface area contributed by atoms with Gasteiger partial charge in [-0.2, -0.15) is 0 Å². The lowest BCUT2D eigenvalue weighted by molar-refractivity contribution is -0.129. The molecule has 0 aliphatic heterocycles. The number of benzene rings is 1. The molecule has 1 rings (SSSR count). The molecule has 0 bridgehead atoms. The highest BCUT2D eigenvalue weighted by atomic mass is 35.5. The van der Waals surface area contributed by atoms with E-state index in [9.17, 15) is 9.59 Å². The summed E-state index contributed by atoms with van der Waals surface area (Å²) >= 11 is 11.6. The fraction of sp³-hybridized carbons (Fsp3) is 0.429. The van der Waals surface area contributed by atoms with Crippen LogP contribution in [-0.4, -0.2) is 24.5 Å². The van der Waals surface area contributed by atoms with Gasteiger partial charge in [0.05, 0.1) is 15.6 Å². The minimum Gasteiger partial charge on any atom is -0.449 e. The van der Waals surface area contributed by atoms with E-state index in [4.69, 9.17) is 27.9 Å². The average Bonchev–Trinajstić information content (AvgIpc) is 2.38. The van der Waals surface area contributed by atoms with Crippen LogP contribution in [0.15, 0.2) is 18.2 Å². The zero-order chi connectivity index (χ0) is 15.3. The standard InChI is InChI=1S/C14H17Cl2NO3/c1-8(2)7-17-13(18)9(3)20-14(19)10-4-5-11(15)12(16)6-10/h4-6,8-9H,7H2,1-3H3,(H,17,18)/t9-/m1/s1. The molecule has 0 aliphatic carbocycles. The molecule has 0 spiro atoms. The Hall–Kier alpha value is -1.26. The second-order valence-corrected chi connectivity index (χ2v) is 5.63. The molecular formula is C14H17Cl2NO3. The summed E-state index contributed by atoms with van der Waals surface area (Å²) in [6.45, 7) is 6.01. The molecule has 0 unspecified atom stereocenters. The minimum atomic E-state index is -0.865. The summed E-state index contributed by atoms with van der Waals surface area (Å²) in [7, 11) is 0. The van der Waals surface area contributed by atoms with Crippen molar-refractivity contribution in [3.63, 3.8) is 0 Å². The maximum absolute atomic E-state index is 11.9. The van der Waals surface area contributed by atoms with E-state index >= 15 is 0 Å². The summed E-state index contributed by atoms with van der Waals surface area (Å²) in [5, 5.41) is 3.31. The summed E-state index contributed by atoms with van der Waals surface area (Å²) in [5.74, 6) is -0.611. The van der Waals surface area contributed by atoms with Gasteiger partial charge in [-0.05, 0) is 31.0 Å². The number of hydrogen-bond donors (Lipinski definition) is 1. The Balaban J connectivity index is 2.60. The molecule has 1 aromatic rings. The number of amides is 1. The third kappa shape index (κ3) is 5.02. The average molecular weight is 318 g/mol. The zero-order valence-electron chi connectivity index (χ0n) is 11.6. The van der Waals surface area contributed by atoms with Crippen molar-refractivity contribution in [1.29, 1.82) is 0 Å². The van der Waals surface area contributed by atoms with Crippen molar-refractivity contribution in [3.05, 3.63) is 33.8 Å².